The molecule has 1 heterocycles. The lowest BCUT2D eigenvalue weighted by Gasteiger charge is -2.13. The van der Waals surface area contributed by atoms with E-state index in [2.05, 4.69) is 6.58 Å². The molecule has 10 nitrogen and oxygen atoms in total. The van der Waals surface area contributed by atoms with E-state index in [0.29, 0.717) is 13.7 Å². The lowest BCUT2D eigenvalue weighted by molar-refractivity contribution is -0.139. The monoisotopic (exact) mass is 329 g/mol. The van der Waals surface area contributed by atoms with Crippen LogP contribution in [0, 0.1) is 0 Å². The quantitative estimate of drug-likeness (QED) is 0.391. The summed E-state index contributed by atoms with van der Waals surface area (Å²) < 4.78 is 6.88. The molecule has 0 atom stereocenters. The van der Waals surface area contributed by atoms with Crippen LogP contribution in [0.2, 0.25) is 0 Å². The third kappa shape index (κ3) is 4.27. The molecule has 0 spiro atoms. The van der Waals surface area contributed by atoms with Crippen molar-refractivity contribution >= 4 is 5.97 Å². The fraction of sp³-hybridized carbons (Fsp3) is 0.538. The van der Waals surface area contributed by atoms with Crippen molar-refractivity contribution in [2.45, 2.75) is 26.6 Å². The summed E-state index contributed by atoms with van der Waals surface area (Å²) in [4.78, 5) is 47.6. The van der Waals surface area contributed by atoms with Gasteiger partial charge in [-0.15, -0.1) is 0 Å². The SMILES string of the molecule is C=C(C)C(=O)OCCn1c(=O)n(CCO)c(=O)n(CCO)c1=O. The molecule has 10 heteroatoms. The standard InChI is InChI=1S/C13H19N3O7/c1-9(2)10(19)23-8-5-16-12(21)14(3-6-17)11(20)15(4-7-18)13(16)22/h17-18H,1,3-8H2,2H3. The number of aliphatic hydroxyl groups is 2. The smallest absolute Gasteiger partial charge is 0.336 e. The minimum atomic E-state index is -0.922. The van der Waals surface area contributed by atoms with Crippen LogP contribution in [0.4, 0.5) is 0 Å². The first-order valence-electron chi connectivity index (χ1n) is 6.84. The van der Waals surface area contributed by atoms with Gasteiger partial charge in [0.15, 0.2) is 0 Å². The van der Waals surface area contributed by atoms with Crippen molar-refractivity contribution < 1.29 is 19.7 Å². The van der Waals surface area contributed by atoms with Gasteiger partial charge in [-0.3, -0.25) is 0 Å². The molecule has 0 aliphatic rings. The molecule has 0 bridgehead atoms. The zero-order chi connectivity index (χ0) is 17.6. The highest BCUT2D eigenvalue weighted by molar-refractivity contribution is 5.86. The second kappa shape index (κ2) is 8.25. The van der Waals surface area contributed by atoms with E-state index >= 15 is 0 Å². The molecule has 0 aliphatic carbocycles. The molecule has 2 N–H and O–H groups in total. The van der Waals surface area contributed by atoms with E-state index in [1.165, 1.54) is 6.92 Å². The third-order valence-electron chi connectivity index (χ3n) is 2.93. The number of aromatic nitrogens is 3. The molecule has 0 saturated carbocycles. The van der Waals surface area contributed by atoms with Gasteiger partial charge in [0.25, 0.3) is 0 Å². The molecule has 128 valence electrons. The fourth-order valence-electron chi connectivity index (χ4n) is 1.81. The van der Waals surface area contributed by atoms with Crippen LogP contribution in [0.5, 0.6) is 0 Å². The Bertz CT molecular complexity index is 712. The predicted molar refractivity (Wildman–Crippen MR) is 79.2 cm³/mol. The second-order valence-electron chi connectivity index (χ2n) is 4.67. The number of hydrogen-bond acceptors (Lipinski definition) is 7. The zero-order valence-electron chi connectivity index (χ0n) is 12.7. The van der Waals surface area contributed by atoms with Gasteiger partial charge in [0.2, 0.25) is 0 Å². The minimum absolute atomic E-state index is 0.167. The predicted octanol–water partition coefficient (Wildman–Crippen LogP) is -2.72. The number of hydrogen-bond donors (Lipinski definition) is 2. The molecule has 0 amide bonds. The lowest BCUT2D eigenvalue weighted by atomic mass is 10.4. The average molecular weight is 329 g/mol. The van der Waals surface area contributed by atoms with E-state index in [0.717, 1.165) is 0 Å². The largest absolute Gasteiger partial charge is 0.460 e. The number of carbonyl (C=O) groups excluding carboxylic acids is 1. The van der Waals surface area contributed by atoms with Crippen molar-refractivity contribution in [2.24, 2.45) is 0 Å². The zero-order valence-corrected chi connectivity index (χ0v) is 12.7. The Balaban J connectivity index is 3.22. The molecule has 0 fully saturated rings. The van der Waals surface area contributed by atoms with Crippen LogP contribution in [0.25, 0.3) is 0 Å². The summed E-state index contributed by atoms with van der Waals surface area (Å²) >= 11 is 0. The van der Waals surface area contributed by atoms with Crippen LogP contribution < -0.4 is 17.1 Å². The highest BCUT2D eigenvalue weighted by Crippen LogP contribution is 1.91. The van der Waals surface area contributed by atoms with Crippen LogP contribution in [0.1, 0.15) is 6.92 Å². The molecule has 1 aromatic rings. The fourth-order valence-corrected chi connectivity index (χ4v) is 1.81. The number of aliphatic hydroxyl groups excluding tert-OH is 2. The van der Waals surface area contributed by atoms with E-state index in [-0.39, 0.29) is 31.8 Å². The van der Waals surface area contributed by atoms with Gasteiger partial charge in [-0.2, -0.15) is 0 Å². The molecule has 0 saturated heterocycles. The normalized spacial score (nSPS) is 10.6. The highest BCUT2D eigenvalue weighted by atomic mass is 16.5. The van der Waals surface area contributed by atoms with E-state index in [1.54, 1.807) is 0 Å². The first kappa shape index (κ1) is 18.6. The van der Waals surface area contributed by atoms with E-state index in [9.17, 15) is 19.2 Å². The van der Waals surface area contributed by atoms with Gasteiger partial charge < -0.3 is 14.9 Å². The Morgan fingerprint density at radius 2 is 1.35 bits per heavy atom. The molecule has 1 aromatic heterocycles. The molecule has 23 heavy (non-hydrogen) atoms. The number of esters is 1. The third-order valence-corrected chi connectivity index (χ3v) is 2.93. The van der Waals surface area contributed by atoms with Gasteiger partial charge in [-0.25, -0.2) is 32.9 Å². The maximum Gasteiger partial charge on any atom is 0.336 e. The van der Waals surface area contributed by atoms with E-state index < -0.39 is 36.3 Å². The lowest BCUT2D eigenvalue weighted by Crippen LogP contribution is -2.55. The Kier molecular flexibility index (Phi) is 6.66. The van der Waals surface area contributed by atoms with Crippen molar-refractivity contribution in [1.82, 2.24) is 13.7 Å². The Labute approximate surface area is 130 Å². The first-order valence-corrected chi connectivity index (χ1v) is 6.84. The Hall–Kier alpha value is -2.46. The van der Waals surface area contributed by atoms with E-state index in [4.69, 9.17) is 14.9 Å². The van der Waals surface area contributed by atoms with Crippen molar-refractivity contribution in [1.29, 1.82) is 0 Å². The highest BCUT2D eigenvalue weighted by Gasteiger charge is 2.15. The Morgan fingerprint density at radius 1 is 0.957 bits per heavy atom. The summed E-state index contributed by atoms with van der Waals surface area (Å²) in [5.41, 5.74) is -2.59. The van der Waals surface area contributed by atoms with Crippen molar-refractivity contribution in [3.8, 4) is 0 Å². The summed E-state index contributed by atoms with van der Waals surface area (Å²) in [5, 5.41) is 17.9. The Morgan fingerprint density at radius 3 is 1.70 bits per heavy atom. The maximum absolute atomic E-state index is 12.1. The molecular formula is C13H19N3O7. The maximum atomic E-state index is 12.1. The molecule has 1 rings (SSSR count). The van der Waals surface area contributed by atoms with Crippen LogP contribution in [-0.2, 0) is 29.2 Å². The number of rotatable bonds is 8. The molecular weight excluding hydrogens is 310 g/mol. The molecule has 0 aromatic carbocycles. The number of carbonyl (C=O) groups is 1. The van der Waals surface area contributed by atoms with Gasteiger partial charge in [0.1, 0.15) is 6.61 Å². The van der Waals surface area contributed by atoms with Crippen molar-refractivity contribution in [2.75, 3.05) is 19.8 Å². The van der Waals surface area contributed by atoms with Crippen molar-refractivity contribution in [3.63, 3.8) is 0 Å². The van der Waals surface area contributed by atoms with Crippen LogP contribution in [0.3, 0.4) is 0 Å². The molecule has 0 radical (unpaired) electrons. The summed E-state index contributed by atoms with van der Waals surface area (Å²) in [6.07, 6.45) is 0. The van der Waals surface area contributed by atoms with Gasteiger partial charge >= 0.3 is 23.0 Å². The van der Waals surface area contributed by atoms with Gasteiger partial charge in [0.05, 0.1) is 32.8 Å². The van der Waals surface area contributed by atoms with Gasteiger partial charge in [-0.05, 0) is 6.92 Å². The minimum Gasteiger partial charge on any atom is -0.460 e. The van der Waals surface area contributed by atoms with Crippen LogP contribution in [-0.4, -0.2) is 49.7 Å². The van der Waals surface area contributed by atoms with Gasteiger partial charge in [-0.1, -0.05) is 6.58 Å². The summed E-state index contributed by atoms with van der Waals surface area (Å²) in [6.45, 7) is 2.76. The van der Waals surface area contributed by atoms with Crippen LogP contribution in [0.15, 0.2) is 26.5 Å². The summed E-state index contributed by atoms with van der Waals surface area (Å²) in [6, 6.07) is 0. The first-order chi connectivity index (χ1) is 10.8. The molecule has 0 unspecified atom stereocenters. The number of nitrogens with zero attached hydrogens (tertiary/aromatic N) is 3. The van der Waals surface area contributed by atoms with E-state index in [1.807, 2.05) is 0 Å². The van der Waals surface area contributed by atoms with Gasteiger partial charge in [0, 0.05) is 5.57 Å². The summed E-state index contributed by atoms with van der Waals surface area (Å²) in [7, 11) is 0. The summed E-state index contributed by atoms with van der Waals surface area (Å²) in [5.74, 6) is -0.669. The molecule has 0 aliphatic heterocycles. The topological polar surface area (TPSA) is 133 Å². The average Bonchev–Trinajstić information content (AvgIpc) is 2.51. The van der Waals surface area contributed by atoms with Crippen molar-refractivity contribution in [3.05, 3.63) is 43.6 Å². The van der Waals surface area contributed by atoms with Crippen LogP contribution >= 0.6 is 0 Å². The second-order valence-corrected chi connectivity index (χ2v) is 4.67. The number of ether oxygens (including phenoxy) is 1.